The Morgan fingerprint density at radius 1 is 1.22 bits per heavy atom. The Hall–Kier alpha value is -1.26. The van der Waals surface area contributed by atoms with E-state index in [9.17, 15) is 5.11 Å². The third kappa shape index (κ3) is 2.94. The lowest BCUT2D eigenvalue weighted by molar-refractivity contribution is 0.170. The third-order valence-electron chi connectivity index (χ3n) is 3.15. The highest BCUT2D eigenvalue weighted by atomic mass is 16.6. The van der Waals surface area contributed by atoms with Crippen LogP contribution in [0.5, 0.6) is 11.5 Å². The molecule has 0 radical (unpaired) electrons. The zero-order valence-electron chi connectivity index (χ0n) is 11.2. The van der Waals surface area contributed by atoms with E-state index >= 15 is 0 Å². The van der Waals surface area contributed by atoms with E-state index in [0.29, 0.717) is 19.8 Å². The summed E-state index contributed by atoms with van der Waals surface area (Å²) in [6.45, 7) is 8.03. The van der Waals surface area contributed by atoms with E-state index in [1.165, 1.54) is 11.1 Å². The third-order valence-corrected chi connectivity index (χ3v) is 3.15. The smallest absolute Gasteiger partial charge is 0.161 e. The summed E-state index contributed by atoms with van der Waals surface area (Å²) in [6, 6.07) is 4.03. The van der Waals surface area contributed by atoms with Gasteiger partial charge in [-0.2, -0.15) is 0 Å². The minimum atomic E-state index is -0.278. The predicted octanol–water partition coefficient (Wildman–Crippen LogP) is 1.63. The fraction of sp³-hybridized carbons (Fsp3) is 0.571. The average molecular weight is 251 g/mol. The topological polar surface area (TPSA) is 50.7 Å². The Morgan fingerprint density at radius 2 is 1.83 bits per heavy atom. The van der Waals surface area contributed by atoms with Crippen molar-refractivity contribution >= 4 is 0 Å². The summed E-state index contributed by atoms with van der Waals surface area (Å²) in [5.41, 5.74) is 2.06. The maximum absolute atomic E-state index is 9.23. The number of nitrogens with one attached hydrogen (secondary N) is 1. The zero-order chi connectivity index (χ0) is 13.2. The van der Waals surface area contributed by atoms with Gasteiger partial charge in [-0.1, -0.05) is 0 Å². The molecule has 0 spiro atoms. The number of aryl methyl sites for hydroxylation is 1. The molecule has 1 aromatic carbocycles. The lowest BCUT2D eigenvalue weighted by Crippen LogP contribution is -2.42. The minimum absolute atomic E-state index is 0.108. The molecule has 0 fully saturated rings. The van der Waals surface area contributed by atoms with Crippen molar-refractivity contribution < 1.29 is 14.6 Å². The Kier molecular flexibility index (Phi) is 3.78. The van der Waals surface area contributed by atoms with Crippen molar-refractivity contribution in [2.75, 3.05) is 19.8 Å². The molecule has 2 rings (SSSR count). The Labute approximate surface area is 108 Å². The van der Waals surface area contributed by atoms with Gasteiger partial charge in [0.2, 0.25) is 0 Å². The van der Waals surface area contributed by atoms with Crippen molar-refractivity contribution in [3.8, 4) is 11.5 Å². The first kappa shape index (κ1) is 13.2. The summed E-state index contributed by atoms with van der Waals surface area (Å²) in [5.74, 6) is 1.63. The number of fused-ring (bicyclic) bond motifs is 1. The highest BCUT2D eigenvalue weighted by molar-refractivity contribution is 5.47. The van der Waals surface area contributed by atoms with E-state index in [2.05, 4.69) is 12.2 Å². The average Bonchev–Trinajstić information content (AvgIpc) is 2.36. The largest absolute Gasteiger partial charge is 0.486 e. The first-order chi connectivity index (χ1) is 8.52. The molecular weight excluding hydrogens is 230 g/mol. The first-order valence-corrected chi connectivity index (χ1v) is 6.27. The van der Waals surface area contributed by atoms with Gasteiger partial charge in [0.05, 0.1) is 6.61 Å². The molecule has 18 heavy (non-hydrogen) atoms. The van der Waals surface area contributed by atoms with Gasteiger partial charge >= 0.3 is 0 Å². The number of hydrogen-bond donors (Lipinski definition) is 2. The van der Waals surface area contributed by atoms with Gasteiger partial charge in [-0.3, -0.25) is 0 Å². The van der Waals surface area contributed by atoms with Crippen LogP contribution in [0.4, 0.5) is 0 Å². The van der Waals surface area contributed by atoms with Gasteiger partial charge in [0.15, 0.2) is 11.5 Å². The predicted molar refractivity (Wildman–Crippen MR) is 70.2 cm³/mol. The van der Waals surface area contributed by atoms with Gasteiger partial charge in [0.25, 0.3) is 0 Å². The molecule has 0 saturated carbocycles. The molecule has 0 amide bonds. The number of aliphatic hydroxyl groups excluding tert-OH is 1. The molecule has 4 nitrogen and oxygen atoms in total. The van der Waals surface area contributed by atoms with Crippen molar-refractivity contribution in [2.24, 2.45) is 0 Å². The molecule has 0 aliphatic carbocycles. The summed E-state index contributed by atoms with van der Waals surface area (Å²) < 4.78 is 11.1. The van der Waals surface area contributed by atoms with Crippen LogP contribution in [-0.4, -0.2) is 30.5 Å². The van der Waals surface area contributed by atoms with Crippen LogP contribution in [0.2, 0.25) is 0 Å². The van der Waals surface area contributed by atoms with Crippen LogP contribution in [0.25, 0.3) is 0 Å². The van der Waals surface area contributed by atoms with Crippen LogP contribution < -0.4 is 14.8 Å². The van der Waals surface area contributed by atoms with E-state index in [0.717, 1.165) is 11.5 Å². The van der Waals surface area contributed by atoms with Crippen LogP contribution in [0.1, 0.15) is 25.0 Å². The van der Waals surface area contributed by atoms with Crippen molar-refractivity contribution in [1.29, 1.82) is 0 Å². The number of aliphatic hydroxyl groups is 1. The van der Waals surface area contributed by atoms with Crippen molar-refractivity contribution in [2.45, 2.75) is 32.9 Å². The second-order valence-corrected chi connectivity index (χ2v) is 5.32. The Balaban J connectivity index is 2.13. The van der Waals surface area contributed by atoms with Gasteiger partial charge < -0.3 is 19.9 Å². The monoisotopic (exact) mass is 251 g/mol. The summed E-state index contributed by atoms with van der Waals surface area (Å²) in [7, 11) is 0. The first-order valence-electron chi connectivity index (χ1n) is 6.27. The maximum Gasteiger partial charge on any atom is 0.161 e. The number of rotatable bonds is 4. The number of hydrogen-bond acceptors (Lipinski definition) is 4. The molecule has 0 saturated heterocycles. The van der Waals surface area contributed by atoms with Crippen LogP contribution >= 0.6 is 0 Å². The standard InChI is InChI=1S/C14H21NO3/c1-10-6-12-13(18-5-4-17-12)7-11(10)8-15-14(2,3)9-16/h6-7,15-16H,4-5,8-9H2,1-3H3. The highest BCUT2D eigenvalue weighted by Gasteiger charge is 2.18. The Bertz CT molecular complexity index is 429. The normalized spacial score (nSPS) is 14.7. The molecule has 1 aliphatic rings. The van der Waals surface area contributed by atoms with Crippen LogP contribution in [0.3, 0.4) is 0 Å². The van der Waals surface area contributed by atoms with E-state index in [4.69, 9.17) is 9.47 Å². The second-order valence-electron chi connectivity index (χ2n) is 5.32. The maximum atomic E-state index is 9.23. The molecule has 1 heterocycles. The number of ether oxygens (including phenoxy) is 2. The quantitative estimate of drug-likeness (QED) is 0.854. The molecule has 4 heteroatoms. The molecule has 0 atom stereocenters. The lowest BCUT2D eigenvalue weighted by Gasteiger charge is -2.25. The SMILES string of the molecule is Cc1cc2c(cc1CNC(C)(C)CO)OCCO2. The summed E-state index contributed by atoms with van der Waals surface area (Å²) in [4.78, 5) is 0. The van der Waals surface area contributed by atoms with Gasteiger partial charge in [-0.15, -0.1) is 0 Å². The van der Waals surface area contributed by atoms with Crippen LogP contribution in [0, 0.1) is 6.92 Å². The van der Waals surface area contributed by atoms with Crippen LogP contribution in [0.15, 0.2) is 12.1 Å². The molecule has 1 aliphatic heterocycles. The van der Waals surface area contributed by atoms with E-state index in [1.54, 1.807) is 0 Å². The van der Waals surface area contributed by atoms with E-state index in [1.807, 2.05) is 26.0 Å². The van der Waals surface area contributed by atoms with Crippen molar-refractivity contribution in [3.63, 3.8) is 0 Å². The summed E-state index contributed by atoms with van der Waals surface area (Å²) in [6.07, 6.45) is 0. The Morgan fingerprint density at radius 3 is 2.44 bits per heavy atom. The molecule has 1 aromatic rings. The fourth-order valence-corrected chi connectivity index (χ4v) is 1.81. The van der Waals surface area contributed by atoms with Crippen molar-refractivity contribution in [1.82, 2.24) is 5.32 Å². The molecule has 100 valence electrons. The van der Waals surface area contributed by atoms with Gasteiger partial charge in [-0.25, -0.2) is 0 Å². The lowest BCUT2D eigenvalue weighted by atomic mass is 10.0. The van der Waals surface area contributed by atoms with E-state index in [-0.39, 0.29) is 12.1 Å². The number of benzene rings is 1. The molecule has 0 bridgehead atoms. The highest BCUT2D eigenvalue weighted by Crippen LogP contribution is 2.33. The summed E-state index contributed by atoms with van der Waals surface area (Å²) >= 11 is 0. The second kappa shape index (κ2) is 5.16. The molecular formula is C14H21NO3. The van der Waals surface area contributed by atoms with Gasteiger partial charge in [-0.05, 0) is 44.0 Å². The molecule has 2 N–H and O–H groups in total. The van der Waals surface area contributed by atoms with Gasteiger partial charge in [0, 0.05) is 12.1 Å². The summed E-state index contributed by atoms with van der Waals surface area (Å²) in [5, 5.41) is 12.6. The minimum Gasteiger partial charge on any atom is -0.486 e. The molecule has 0 aromatic heterocycles. The van der Waals surface area contributed by atoms with E-state index < -0.39 is 0 Å². The van der Waals surface area contributed by atoms with Crippen molar-refractivity contribution in [3.05, 3.63) is 23.3 Å². The zero-order valence-corrected chi connectivity index (χ0v) is 11.2. The van der Waals surface area contributed by atoms with Gasteiger partial charge in [0.1, 0.15) is 13.2 Å². The van der Waals surface area contributed by atoms with Crippen LogP contribution in [-0.2, 0) is 6.54 Å². The molecule has 0 unspecified atom stereocenters. The fourth-order valence-electron chi connectivity index (χ4n) is 1.81.